The maximum atomic E-state index is 11.9. The van der Waals surface area contributed by atoms with Crippen LogP contribution >= 0.6 is 23.2 Å². The molecule has 3 nitrogen and oxygen atoms in total. The molecular weight excluding hydrogens is 216 g/mol. The van der Waals surface area contributed by atoms with E-state index in [1.54, 1.807) is 0 Å². The van der Waals surface area contributed by atoms with Gasteiger partial charge in [0, 0.05) is 5.56 Å². The van der Waals surface area contributed by atoms with Crippen LogP contribution in [0.4, 0.5) is 10.3 Å². The quantitative estimate of drug-likeness (QED) is 0.801. The van der Waals surface area contributed by atoms with Crippen LogP contribution in [0.3, 0.4) is 0 Å². The Labute approximate surface area is 85.1 Å². The van der Waals surface area contributed by atoms with Gasteiger partial charge >= 0.3 is 0 Å². The molecule has 0 fully saturated rings. The molecule has 0 saturated carbocycles. The summed E-state index contributed by atoms with van der Waals surface area (Å²) in [6.45, 7) is -0.420. The summed E-state index contributed by atoms with van der Waals surface area (Å²) in [7, 11) is 0. The van der Waals surface area contributed by atoms with Gasteiger partial charge in [-0.3, -0.25) is 4.39 Å². The first-order chi connectivity index (χ1) is 6.15. The number of halogens is 3. The average molecular weight is 224 g/mol. The number of aromatic nitrogens is 2. The first-order valence-corrected chi connectivity index (χ1v) is 4.44. The smallest absolute Gasteiger partial charge is 0.222 e. The maximum Gasteiger partial charge on any atom is 0.222 e. The van der Waals surface area contributed by atoms with Crippen LogP contribution in [0.25, 0.3) is 0 Å². The molecule has 0 aliphatic rings. The summed E-state index contributed by atoms with van der Waals surface area (Å²) in [6, 6.07) is 0. The van der Waals surface area contributed by atoms with Crippen molar-refractivity contribution in [3.8, 4) is 0 Å². The maximum absolute atomic E-state index is 11.9. The molecule has 0 aliphatic carbocycles. The Balaban J connectivity index is 2.92. The Hall–Kier alpha value is -0.610. The van der Waals surface area contributed by atoms with Crippen LogP contribution < -0.4 is 5.73 Å². The third-order valence-corrected chi connectivity index (χ3v) is 2.11. The molecule has 0 saturated heterocycles. The molecule has 0 aromatic carbocycles. The van der Waals surface area contributed by atoms with E-state index in [-0.39, 0.29) is 16.3 Å². The van der Waals surface area contributed by atoms with Gasteiger partial charge < -0.3 is 5.73 Å². The lowest BCUT2D eigenvalue weighted by atomic mass is 10.2. The molecule has 0 aliphatic heterocycles. The minimum Gasteiger partial charge on any atom is -0.368 e. The zero-order valence-electron chi connectivity index (χ0n) is 6.73. The highest BCUT2D eigenvalue weighted by atomic mass is 35.5. The van der Waals surface area contributed by atoms with Gasteiger partial charge in [-0.1, -0.05) is 23.2 Å². The predicted octanol–water partition coefficient (Wildman–Crippen LogP) is 2.27. The van der Waals surface area contributed by atoms with E-state index in [0.29, 0.717) is 18.4 Å². The topological polar surface area (TPSA) is 51.8 Å². The Morgan fingerprint density at radius 3 is 2.23 bits per heavy atom. The fourth-order valence-corrected chi connectivity index (χ4v) is 1.49. The number of anilines is 1. The Morgan fingerprint density at radius 2 is 1.77 bits per heavy atom. The van der Waals surface area contributed by atoms with E-state index in [2.05, 4.69) is 9.97 Å². The highest BCUT2D eigenvalue weighted by Crippen LogP contribution is 2.23. The molecule has 0 spiro atoms. The second-order valence-electron chi connectivity index (χ2n) is 2.43. The van der Waals surface area contributed by atoms with Gasteiger partial charge in [-0.2, -0.15) is 0 Å². The van der Waals surface area contributed by atoms with Gasteiger partial charge in [0.25, 0.3) is 0 Å². The van der Waals surface area contributed by atoms with Crippen molar-refractivity contribution in [2.75, 3.05) is 12.4 Å². The van der Waals surface area contributed by atoms with Crippen LogP contribution in [0.5, 0.6) is 0 Å². The lowest BCUT2D eigenvalue weighted by Crippen LogP contribution is -2.00. The van der Waals surface area contributed by atoms with E-state index in [9.17, 15) is 4.39 Å². The van der Waals surface area contributed by atoms with Gasteiger partial charge in [-0.15, -0.1) is 0 Å². The summed E-state index contributed by atoms with van der Waals surface area (Å²) in [5.41, 5.74) is 5.84. The number of nitrogen functional groups attached to an aromatic ring is 1. The lowest BCUT2D eigenvalue weighted by Gasteiger charge is -2.04. The van der Waals surface area contributed by atoms with Crippen molar-refractivity contribution in [3.63, 3.8) is 0 Å². The van der Waals surface area contributed by atoms with Crippen LogP contribution in [-0.2, 0) is 6.42 Å². The number of hydrogen-bond acceptors (Lipinski definition) is 3. The minimum atomic E-state index is -0.420. The van der Waals surface area contributed by atoms with Gasteiger partial charge in [0.05, 0.1) is 6.67 Å². The Kier molecular flexibility index (Phi) is 3.69. The fourth-order valence-electron chi connectivity index (χ4n) is 0.896. The number of alkyl halides is 1. The zero-order chi connectivity index (χ0) is 9.84. The van der Waals surface area contributed by atoms with E-state index in [1.807, 2.05) is 0 Å². The van der Waals surface area contributed by atoms with Crippen molar-refractivity contribution < 1.29 is 4.39 Å². The van der Waals surface area contributed by atoms with Crippen LogP contribution in [0.15, 0.2) is 0 Å². The SMILES string of the molecule is Nc1nc(Cl)c(CCCF)c(Cl)n1. The number of nitrogens with zero attached hydrogens (tertiary/aromatic N) is 2. The third kappa shape index (κ3) is 2.67. The first-order valence-electron chi connectivity index (χ1n) is 3.68. The van der Waals surface area contributed by atoms with Crippen molar-refractivity contribution in [1.82, 2.24) is 9.97 Å². The van der Waals surface area contributed by atoms with Gasteiger partial charge in [0.1, 0.15) is 10.3 Å². The normalized spacial score (nSPS) is 10.4. The number of hydrogen-bond donors (Lipinski definition) is 1. The zero-order valence-corrected chi connectivity index (χ0v) is 8.24. The average Bonchev–Trinajstić information content (AvgIpc) is 2.02. The molecule has 6 heteroatoms. The van der Waals surface area contributed by atoms with Crippen molar-refractivity contribution in [3.05, 3.63) is 15.9 Å². The van der Waals surface area contributed by atoms with Crippen molar-refractivity contribution >= 4 is 29.2 Å². The standard InChI is InChI=1S/C7H8Cl2FN3/c8-5-4(2-1-3-10)6(9)13-7(11)12-5/h1-3H2,(H2,11,12,13). The van der Waals surface area contributed by atoms with Crippen LogP contribution in [0, 0.1) is 0 Å². The molecular formula is C7H8Cl2FN3. The molecule has 72 valence electrons. The van der Waals surface area contributed by atoms with E-state index >= 15 is 0 Å². The van der Waals surface area contributed by atoms with Crippen molar-refractivity contribution in [1.29, 1.82) is 0 Å². The summed E-state index contributed by atoms with van der Waals surface area (Å²) in [5, 5.41) is 0.400. The molecule has 2 N–H and O–H groups in total. The van der Waals surface area contributed by atoms with Gasteiger partial charge in [-0.05, 0) is 12.8 Å². The summed E-state index contributed by atoms with van der Waals surface area (Å²) < 4.78 is 11.9. The molecule has 1 heterocycles. The first kappa shape index (κ1) is 10.5. The Bertz CT molecular complexity index is 283. The second-order valence-corrected chi connectivity index (χ2v) is 3.15. The minimum absolute atomic E-state index is 0.0269. The van der Waals surface area contributed by atoms with Crippen LogP contribution in [0.2, 0.25) is 10.3 Å². The number of nitrogens with two attached hydrogens (primary N) is 1. The molecule has 1 aromatic heterocycles. The Morgan fingerprint density at radius 1 is 1.23 bits per heavy atom. The van der Waals surface area contributed by atoms with E-state index < -0.39 is 6.67 Å². The van der Waals surface area contributed by atoms with Crippen LogP contribution in [-0.4, -0.2) is 16.6 Å². The molecule has 1 rings (SSSR count). The van der Waals surface area contributed by atoms with Crippen LogP contribution in [0.1, 0.15) is 12.0 Å². The monoisotopic (exact) mass is 223 g/mol. The number of rotatable bonds is 3. The summed E-state index contributed by atoms with van der Waals surface area (Å²) in [6.07, 6.45) is 0.779. The molecule has 0 amide bonds. The second kappa shape index (κ2) is 4.58. The molecule has 0 unspecified atom stereocenters. The molecule has 13 heavy (non-hydrogen) atoms. The summed E-state index contributed by atoms with van der Waals surface area (Å²) in [4.78, 5) is 7.43. The van der Waals surface area contributed by atoms with Gasteiger partial charge in [0.2, 0.25) is 5.95 Å². The molecule has 0 bridgehead atoms. The van der Waals surface area contributed by atoms with E-state index in [1.165, 1.54) is 0 Å². The molecule has 1 aromatic rings. The van der Waals surface area contributed by atoms with E-state index in [0.717, 1.165) is 0 Å². The summed E-state index contributed by atoms with van der Waals surface area (Å²) >= 11 is 11.5. The van der Waals surface area contributed by atoms with Gasteiger partial charge in [0.15, 0.2) is 0 Å². The molecule has 0 radical (unpaired) electrons. The predicted molar refractivity (Wildman–Crippen MR) is 50.8 cm³/mol. The largest absolute Gasteiger partial charge is 0.368 e. The van der Waals surface area contributed by atoms with Crippen molar-refractivity contribution in [2.24, 2.45) is 0 Å². The highest BCUT2D eigenvalue weighted by Gasteiger charge is 2.09. The van der Waals surface area contributed by atoms with Crippen molar-refractivity contribution in [2.45, 2.75) is 12.8 Å². The highest BCUT2D eigenvalue weighted by molar-refractivity contribution is 6.34. The molecule has 0 atom stereocenters. The fraction of sp³-hybridized carbons (Fsp3) is 0.429. The summed E-state index contributed by atoms with van der Waals surface area (Å²) in [5.74, 6) is 0.0269. The van der Waals surface area contributed by atoms with E-state index in [4.69, 9.17) is 28.9 Å². The third-order valence-electron chi connectivity index (χ3n) is 1.48. The van der Waals surface area contributed by atoms with Gasteiger partial charge in [-0.25, -0.2) is 9.97 Å². The lowest BCUT2D eigenvalue weighted by molar-refractivity contribution is 0.473.